The van der Waals surface area contributed by atoms with Crippen molar-refractivity contribution in [3.63, 3.8) is 0 Å². The molecule has 8 nitrogen and oxygen atoms in total. The Kier molecular flexibility index (Phi) is 10.8. The Hall–Kier alpha value is -11.5. The van der Waals surface area contributed by atoms with Crippen molar-refractivity contribution in [3.8, 4) is 89.5 Å². The lowest BCUT2D eigenvalue weighted by Crippen LogP contribution is -1.91. The summed E-state index contributed by atoms with van der Waals surface area (Å²) in [6.45, 7) is 0. The maximum absolute atomic E-state index is 6.96. The third-order valence-electron chi connectivity index (χ3n) is 16.5. The van der Waals surface area contributed by atoms with Crippen molar-refractivity contribution in [2.45, 2.75) is 0 Å². The lowest BCUT2D eigenvalue weighted by Gasteiger charge is -2.10. The number of nitrogens with zero attached hydrogens (tertiary/aromatic N) is 6. The number of pyridine rings is 6. The van der Waals surface area contributed by atoms with Gasteiger partial charge < -0.3 is 8.83 Å². The first kappa shape index (κ1) is 47.3. The van der Waals surface area contributed by atoms with Crippen molar-refractivity contribution >= 4 is 87.5 Å². The Balaban J connectivity index is 0.725. The van der Waals surface area contributed by atoms with E-state index in [1.807, 2.05) is 55.0 Å². The second kappa shape index (κ2) is 19.1. The van der Waals surface area contributed by atoms with E-state index in [9.17, 15) is 0 Å². The second-order valence-corrected chi connectivity index (χ2v) is 21.4. The average Bonchev–Trinajstić information content (AvgIpc) is 3.51. The predicted molar refractivity (Wildman–Crippen MR) is 341 cm³/mol. The minimum atomic E-state index is 0.767. The normalized spacial score (nSPS) is 11.8. The molecule has 0 N–H and O–H groups in total. The molecule has 0 bridgehead atoms. The molecule has 0 atom stereocenters. The van der Waals surface area contributed by atoms with Gasteiger partial charge in [-0.3, -0.25) is 15.0 Å². The molecule has 0 amide bonds. The lowest BCUT2D eigenvalue weighted by molar-refractivity contribution is 0.669. The summed E-state index contributed by atoms with van der Waals surface area (Å²) in [5.74, 6) is 0. The molecular weight excluding hydrogens is 1030 g/mol. The Morgan fingerprint density at radius 3 is 1.39 bits per heavy atom. The molecular formula is C76H44N6O2. The van der Waals surface area contributed by atoms with Gasteiger partial charge in [-0.05, 0) is 124 Å². The van der Waals surface area contributed by atoms with E-state index in [0.717, 1.165) is 177 Å². The van der Waals surface area contributed by atoms with Crippen molar-refractivity contribution in [1.82, 2.24) is 29.9 Å². The Morgan fingerprint density at radius 2 is 0.762 bits per heavy atom. The molecule has 0 aliphatic carbocycles. The first-order valence-corrected chi connectivity index (χ1v) is 28.0. The van der Waals surface area contributed by atoms with Crippen LogP contribution in [0.2, 0.25) is 0 Å². The smallest absolute Gasteiger partial charge is 0.145 e. The number of aromatic nitrogens is 6. The van der Waals surface area contributed by atoms with Crippen LogP contribution in [0.4, 0.5) is 0 Å². The number of fused-ring (bicyclic) bond motifs is 12. The van der Waals surface area contributed by atoms with E-state index in [-0.39, 0.29) is 0 Å². The highest BCUT2D eigenvalue weighted by Crippen LogP contribution is 2.44. The van der Waals surface area contributed by atoms with Crippen molar-refractivity contribution in [2.24, 2.45) is 0 Å². The number of benzene rings is 9. The Morgan fingerprint density at radius 1 is 0.262 bits per heavy atom. The fourth-order valence-electron chi connectivity index (χ4n) is 12.2. The number of hydrogen-bond acceptors (Lipinski definition) is 8. The highest BCUT2D eigenvalue weighted by molar-refractivity contribution is 6.17. The number of furan rings is 2. The predicted octanol–water partition coefficient (Wildman–Crippen LogP) is 19.8. The summed E-state index contributed by atoms with van der Waals surface area (Å²) in [4.78, 5) is 29.9. The molecule has 0 radical (unpaired) electrons. The molecule has 8 heterocycles. The molecule has 0 saturated heterocycles. The van der Waals surface area contributed by atoms with Gasteiger partial charge in [0.05, 0.1) is 44.8 Å². The van der Waals surface area contributed by atoms with Crippen molar-refractivity contribution in [3.05, 3.63) is 267 Å². The highest BCUT2D eigenvalue weighted by atomic mass is 16.3. The standard InChI is InChI=1S/C76H44N6O2/c1-2-7-49(8-3-1)63-33-25-52-23-24-53-27-35-65(82-75(53)74(52)80-63)55-30-38-68-62(42-55)71-59(48-19-13-45(14-20-48)56-10-5-39-77-43-56)31-32-60(76(71)84-68)66-36-28-57(44-79-66)46-15-17-47(18-16-46)58-11-4-12-69-70(58)61-41-54(29-37-67(61)83-69)64-34-26-51-22-21-50-9-6-40-78-72(50)73(51)81-64/h1-44H. The minimum Gasteiger partial charge on any atom is -0.456 e. The van der Waals surface area contributed by atoms with Crippen LogP contribution < -0.4 is 0 Å². The fraction of sp³-hybridized carbons (Fsp3) is 0. The Labute approximate surface area is 480 Å². The van der Waals surface area contributed by atoms with Crippen molar-refractivity contribution in [1.29, 1.82) is 0 Å². The summed E-state index contributed by atoms with van der Waals surface area (Å²) in [6.07, 6.45) is 7.48. The molecule has 0 spiro atoms. The minimum absolute atomic E-state index is 0.767. The molecule has 8 heteroatoms. The van der Waals surface area contributed by atoms with Gasteiger partial charge >= 0.3 is 0 Å². The van der Waals surface area contributed by atoms with Crippen LogP contribution >= 0.6 is 0 Å². The van der Waals surface area contributed by atoms with Gasteiger partial charge in [0.1, 0.15) is 22.3 Å². The van der Waals surface area contributed by atoms with E-state index < -0.39 is 0 Å². The van der Waals surface area contributed by atoms with E-state index in [0.29, 0.717) is 0 Å². The summed E-state index contributed by atoms with van der Waals surface area (Å²) < 4.78 is 13.4. The summed E-state index contributed by atoms with van der Waals surface area (Å²) in [5, 5.41) is 8.31. The zero-order valence-electron chi connectivity index (χ0n) is 44.9. The van der Waals surface area contributed by atoms with Crippen molar-refractivity contribution < 1.29 is 8.83 Å². The van der Waals surface area contributed by atoms with E-state index >= 15 is 0 Å². The van der Waals surface area contributed by atoms with Crippen LogP contribution in [0.3, 0.4) is 0 Å². The van der Waals surface area contributed by atoms with Crippen LogP contribution in [0.5, 0.6) is 0 Å². The summed E-state index contributed by atoms with van der Waals surface area (Å²) in [5.41, 5.74) is 22.7. The SMILES string of the molecule is c1ccc(-c2ccc3ccc4ccc(-c5ccc6oc7c(-c8ccc(-c9ccc(-c%10cccc%11oc%12ccc(-c%13ccc%14ccc%15cccnc%15c%14n%13)cc%12c%10%11)cc9)cn8)ccc(-c8ccc(-c9cccnc9)cc8)c7c6c5)nc4c3n2)cc1. The van der Waals surface area contributed by atoms with Gasteiger partial charge in [0.25, 0.3) is 0 Å². The molecule has 84 heavy (non-hydrogen) atoms. The molecule has 390 valence electrons. The third kappa shape index (κ3) is 7.91. The first-order chi connectivity index (χ1) is 41.6. The van der Waals surface area contributed by atoms with Gasteiger partial charge in [-0.2, -0.15) is 0 Å². The molecule has 9 aromatic carbocycles. The van der Waals surface area contributed by atoms with Crippen LogP contribution in [0.15, 0.2) is 276 Å². The number of rotatable bonds is 8. The van der Waals surface area contributed by atoms with Crippen LogP contribution in [0, 0.1) is 0 Å². The molecule has 0 aliphatic heterocycles. The van der Waals surface area contributed by atoms with Gasteiger partial charge in [-0.1, -0.05) is 158 Å². The van der Waals surface area contributed by atoms with Gasteiger partial charge in [0, 0.05) is 95.7 Å². The zero-order chi connectivity index (χ0) is 55.2. The molecule has 0 saturated carbocycles. The van der Waals surface area contributed by atoms with E-state index in [1.165, 1.54) is 0 Å². The lowest BCUT2D eigenvalue weighted by atomic mass is 9.94. The van der Waals surface area contributed by atoms with Crippen LogP contribution in [-0.4, -0.2) is 29.9 Å². The fourth-order valence-corrected chi connectivity index (χ4v) is 12.2. The molecule has 8 aromatic heterocycles. The molecule has 0 aliphatic rings. The van der Waals surface area contributed by atoms with E-state index in [2.05, 4.69) is 216 Å². The van der Waals surface area contributed by atoms with Gasteiger partial charge in [-0.15, -0.1) is 0 Å². The van der Waals surface area contributed by atoms with E-state index in [1.54, 1.807) is 6.20 Å². The summed E-state index contributed by atoms with van der Waals surface area (Å²) >= 11 is 0. The topological polar surface area (TPSA) is 104 Å². The second-order valence-electron chi connectivity index (χ2n) is 21.4. The quantitative estimate of drug-likeness (QED) is 0.139. The maximum atomic E-state index is 6.96. The van der Waals surface area contributed by atoms with E-state index in [4.69, 9.17) is 28.8 Å². The molecule has 0 unspecified atom stereocenters. The van der Waals surface area contributed by atoms with Gasteiger partial charge in [0.15, 0.2) is 0 Å². The highest BCUT2D eigenvalue weighted by Gasteiger charge is 2.21. The van der Waals surface area contributed by atoms with Crippen LogP contribution in [-0.2, 0) is 0 Å². The van der Waals surface area contributed by atoms with Crippen LogP contribution in [0.25, 0.3) is 177 Å². The monoisotopic (exact) mass is 1070 g/mol. The first-order valence-electron chi connectivity index (χ1n) is 28.0. The zero-order valence-corrected chi connectivity index (χ0v) is 44.9. The van der Waals surface area contributed by atoms with Gasteiger partial charge in [-0.25, -0.2) is 15.0 Å². The molecule has 0 fully saturated rings. The summed E-state index contributed by atoms with van der Waals surface area (Å²) in [7, 11) is 0. The number of hydrogen-bond donors (Lipinski definition) is 0. The molecule has 17 rings (SSSR count). The Bertz CT molecular complexity index is 5470. The maximum Gasteiger partial charge on any atom is 0.145 e. The van der Waals surface area contributed by atoms with Gasteiger partial charge in [0.2, 0.25) is 0 Å². The molecule has 17 aromatic rings. The van der Waals surface area contributed by atoms with Crippen LogP contribution in [0.1, 0.15) is 0 Å². The van der Waals surface area contributed by atoms with Crippen molar-refractivity contribution in [2.75, 3.05) is 0 Å². The largest absolute Gasteiger partial charge is 0.456 e. The summed E-state index contributed by atoms with van der Waals surface area (Å²) in [6, 6.07) is 84.5. The average molecular weight is 1070 g/mol. The third-order valence-corrected chi connectivity index (χ3v) is 16.5.